The molecule has 2 rings (SSSR count). The van der Waals surface area contributed by atoms with Crippen LogP contribution in [0, 0.1) is 3.57 Å². The van der Waals surface area contributed by atoms with Crippen molar-refractivity contribution in [2.24, 2.45) is 0 Å². The Balaban J connectivity index is 2.25. The first kappa shape index (κ1) is 15.8. The summed E-state index contributed by atoms with van der Waals surface area (Å²) in [7, 11) is 3.68. The van der Waals surface area contributed by atoms with Gasteiger partial charge in [0.1, 0.15) is 5.75 Å². The van der Waals surface area contributed by atoms with Crippen molar-refractivity contribution in [3.05, 3.63) is 61.6 Å². The number of likely N-dealkylation sites (N-methyl/N-ethyl adjacent to an activating group) is 1. The Labute approximate surface area is 142 Å². The maximum atomic E-state index is 5.32. The number of nitrogens with one attached hydrogen (secondary N) is 1. The van der Waals surface area contributed by atoms with Gasteiger partial charge in [0.2, 0.25) is 0 Å². The molecule has 2 aromatic carbocycles. The molecule has 0 saturated heterocycles. The molecule has 20 heavy (non-hydrogen) atoms. The summed E-state index contributed by atoms with van der Waals surface area (Å²) in [6.07, 6.45) is 0.944. The predicted molar refractivity (Wildman–Crippen MR) is 95.4 cm³/mol. The van der Waals surface area contributed by atoms with Gasteiger partial charge in [-0.1, -0.05) is 28.1 Å². The maximum Gasteiger partial charge on any atom is 0.119 e. The molecule has 1 N–H and O–H groups in total. The van der Waals surface area contributed by atoms with Crippen molar-refractivity contribution in [2.75, 3.05) is 14.2 Å². The van der Waals surface area contributed by atoms with Crippen LogP contribution in [0.2, 0.25) is 0 Å². The molecule has 1 atom stereocenters. The summed E-state index contributed by atoms with van der Waals surface area (Å²) in [6.45, 7) is 0. The lowest BCUT2D eigenvalue weighted by Crippen LogP contribution is -2.19. The lowest BCUT2D eigenvalue weighted by Gasteiger charge is -2.19. The zero-order valence-electron chi connectivity index (χ0n) is 11.5. The number of hydrogen-bond donors (Lipinski definition) is 1. The Morgan fingerprint density at radius 2 is 1.90 bits per heavy atom. The third kappa shape index (κ3) is 3.96. The van der Waals surface area contributed by atoms with Crippen LogP contribution >= 0.6 is 38.5 Å². The Kier molecular flexibility index (Phi) is 5.86. The van der Waals surface area contributed by atoms with E-state index in [9.17, 15) is 0 Å². The molecule has 0 aromatic heterocycles. The van der Waals surface area contributed by atoms with Crippen LogP contribution in [-0.4, -0.2) is 14.2 Å². The summed E-state index contributed by atoms with van der Waals surface area (Å²) in [6, 6.07) is 15.0. The summed E-state index contributed by atoms with van der Waals surface area (Å²) < 4.78 is 7.68. The number of hydrogen-bond acceptors (Lipinski definition) is 2. The Morgan fingerprint density at radius 3 is 2.50 bits per heavy atom. The summed E-state index contributed by atoms with van der Waals surface area (Å²) in [5.74, 6) is 0.881. The SMILES string of the molecule is CNC(Cc1ccc(I)cc1)c1cc(OC)ccc1Br. The van der Waals surface area contributed by atoms with Gasteiger partial charge in [-0.2, -0.15) is 0 Å². The molecular weight excluding hydrogens is 429 g/mol. The van der Waals surface area contributed by atoms with Gasteiger partial charge in [0.15, 0.2) is 0 Å². The fourth-order valence-electron chi connectivity index (χ4n) is 2.14. The van der Waals surface area contributed by atoms with Crippen molar-refractivity contribution in [1.82, 2.24) is 5.32 Å². The van der Waals surface area contributed by atoms with E-state index in [0.717, 1.165) is 16.6 Å². The van der Waals surface area contributed by atoms with Crippen molar-refractivity contribution < 1.29 is 4.74 Å². The third-order valence-electron chi connectivity index (χ3n) is 3.28. The fourth-order valence-corrected chi connectivity index (χ4v) is 3.02. The average Bonchev–Trinajstić information content (AvgIpc) is 2.47. The van der Waals surface area contributed by atoms with Crippen LogP contribution in [0.5, 0.6) is 5.75 Å². The van der Waals surface area contributed by atoms with E-state index in [-0.39, 0.29) is 6.04 Å². The quantitative estimate of drug-likeness (QED) is 0.681. The molecule has 0 amide bonds. The van der Waals surface area contributed by atoms with E-state index in [1.165, 1.54) is 14.7 Å². The second-order valence-electron chi connectivity index (χ2n) is 4.56. The van der Waals surface area contributed by atoms with Crippen LogP contribution < -0.4 is 10.1 Å². The van der Waals surface area contributed by atoms with Gasteiger partial charge >= 0.3 is 0 Å². The molecule has 0 saturated carbocycles. The van der Waals surface area contributed by atoms with Gasteiger partial charge in [0.25, 0.3) is 0 Å². The largest absolute Gasteiger partial charge is 0.497 e. The second kappa shape index (κ2) is 7.43. The lowest BCUT2D eigenvalue weighted by molar-refractivity contribution is 0.413. The topological polar surface area (TPSA) is 21.3 Å². The standard InChI is InChI=1S/C16H17BrINO/c1-19-16(9-11-3-5-12(18)6-4-11)14-10-13(20-2)7-8-15(14)17/h3-8,10,16,19H,9H2,1-2H3. The van der Waals surface area contributed by atoms with Crippen LogP contribution in [0.4, 0.5) is 0 Å². The number of methoxy groups -OCH3 is 1. The molecule has 0 bridgehead atoms. The van der Waals surface area contributed by atoms with Gasteiger partial charge in [0.05, 0.1) is 7.11 Å². The van der Waals surface area contributed by atoms with Gasteiger partial charge in [-0.25, -0.2) is 0 Å². The van der Waals surface area contributed by atoms with Crippen LogP contribution in [-0.2, 0) is 6.42 Å². The van der Waals surface area contributed by atoms with E-state index >= 15 is 0 Å². The van der Waals surface area contributed by atoms with Crippen LogP contribution in [0.3, 0.4) is 0 Å². The highest BCUT2D eigenvalue weighted by molar-refractivity contribution is 14.1. The normalized spacial score (nSPS) is 12.2. The van der Waals surface area contributed by atoms with E-state index in [2.05, 4.69) is 74.2 Å². The fraction of sp³-hybridized carbons (Fsp3) is 0.250. The Bertz CT molecular complexity index is 571. The molecule has 0 aliphatic rings. The number of benzene rings is 2. The van der Waals surface area contributed by atoms with Crippen molar-refractivity contribution in [3.63, 3.8) is 0 Å². The maximum absolute atomic E-state index is 5.32. The molecule has 0 aliphatic carbocycles. The van der Waals surface area contributed by atoms with Crippen LogP contribution in [0.15, 0.2) is 46.9 Å². The summed E-state index contributed by atoms with van der Waals surface area (Å²) >= 11 is 5.96. The second-order valence-corrected chi connectivity index (χ2v) is 6.66. The zero-order valence-corrected chi connectivity index (χ0v) is 15.2. The minimum atomic E-state index is 0.250. The first-order valence-corrected chi connectivity index (χ1v) is 8.26. The van der Waals surface area contributed by atoms with Crippen LogP contribution in [0.1, 0.15) is 17.2 Å². The van der Waals surface area contributed by atoms with E-state index in [1.807, 2.05) is 19.2 Å². The smallest absolute Gasteiger partial charge is 0.119 e. The highest BCUT2D eigenvalue weighted by Crippen LogP contribution is 2.29. The molecule has 4 heteroatoms. The summed E-state index contributed by atoms with van der Waals surface area (Å²) in [5, 5.41) is 3.39. The third-order valence-corrected chi connectivity index (χ3v) is 4.72. The van der Waals surface area contributed by atoms with Crippen molar-refractivity contribution >= 4 is 38.5 Å². The van der Waals surface area contributed by atoms with Gasteiger partial charge in [-0.05, 0) is 77.5 Å². The molecule has 106 valence electrons. The molecule has 0 aliphatic heterocycles. The minimum Gasteiger partial charge on any atom is -0.497 e. The predicted octanol–water partition coefficient (Wildman–Crippen LogP) is 4.57. The van der Waals surface area contributed by atoms with E-state index in [4.69, 9.17) is 4.74 Å². The molecular formula is C16H17BrINO. The Hall–Kier alpha value is -0.590. The first-order chi connectivity index (χ1) is 9.63. The molecule has 0 heterocycles. The van der Waals surface area contributed by atoms with Gasteiger partial charge in [-0.15, -0.1) is 0 Å². The molecule has 0 spiro atoms. The summed E-state index contributed by atoms with van der Waals surface area (Å²) in [4.78, 5) is 0. The van der Waals surface area contributed by atoms with Crippen molar-refractivity contribution in [1.29, 1.82) is 0 Å². The number of halogens is 2. The Morgan fingerprint density at radius 1 is 1.20 bits per heavy atom. The highest BCUT2D eigenvalue weighted by Gasteiger charge is 2.14. The van der Waals surface area contributed by atoms with Gasteiger partial charge in [0, 0.05) is 14.1 Å². The van der Waals surface area contributed by atoms with E-state index < -0.39 is 0 Å². The summed E-state index contributed by atoms with van der Waals surface area (Å²) in [5.41, 5.74) is 2.53. The molecule has 0 radical (unpaired) electrons. The minimum absolute atomic E-state index is 0.250. The lowest BCUT2D eigenvalue weighted by atomic mass is 9.99. The first-order valence-electron chi connectivity index (χ1n) is 6.39. The monoisotopic (exact) mass is 445 g/mol. The molecule has 1 unspecified atom stereocenters. The molecule has 2 nitrogen and oxygen atoms in total. The average molecular weight is 446 g/mol. The zero-order chi connectivity index (χ0) is 14.5. The van der Waals surface area contributed by atoms with Crippen molar-refractivity contribution in [3.8, 4) is 5.75 Å². The van der Waals surface area contributed by atoms with Gasteiger partial charge in [-0.3, -0.25) is 0 Å². The van der Waals surface area contributed by atoms with Crippen LogP contribution in [0.25, 0.3) is 0 Å². The molecule has 0 fully saturated rings. The van der Waals surface area contributed by atoms with E-state index in [0.29, 0.717) is 0 Å². The molecule has 2 aromatic rings. The number of rotatable bonds is 5. The van der Waals surface area contributed by atoms with E-state index in [1.54, 1.807) is 7.11 Å². The van der Waals surface area contributed by atoms with Crippen molar-refractivity contribution in [2.45, 2.75) is 12.5 Å². The van der Waals surface area contributed by atoms with Gasteiger partial charge < -0.3 is 10.1 Å². The highest BCUT2D eigenvalue weighted by atomic mass is 127. The number of ether oxygens (including phenoxy) is 1.